The number of carbonyl (C=O) groups is 1. The standard InChI is InChI=1S/C24H20N2O4/c1-28-23-13-17(14-25)11-12-22(23)30-16-24(27)26-19-9-5-6-10-21(19)29-15-20(26)18-7-3-2-4-8-18/h2-13,20H,15-16H2,1H3/t20-/m1/s1. The Hall–Kier alpha value is -3.98. The van der Waals surface area contributed by atoms with Crippen LogP contribution in [0.1, 0.15) is 17.2 Å². The quantitative estimate of drug-likeness (QED) is 0.644. The smallest absolute Gasteiger partial charge is 0.265 e. The van der Waals surface area contributed by atoms with Crippen LogP contribution in [0.4, 0.5) is 5.69 Å². The summed E-state index contributed by atoms with van der Waals surface area (Å²) in [4.78, 5) is 15.0. The summed E-state index contributed by atoms with van der Waals surface area (Å²) in [6.07, 6.45) is 0. The Bertz CT molecular complexity index is 1090. The topological polar surface area (TPSA) is 71.8 Å². The van der Waals surface area contributed by atoms with Crippen molar-refractivity contribution in [3.8, 4) is 23.3 Å². The van der Waals surface area contributed by atoms with Gasteiger partial charge >= 0.3 is 0 Å². The predicted molar refractivity (Wildman–Crippen MR) is 112 cm³/mol. The highest BCUT2D eigenvalue weighted by atomic mass is 16.5. The molecule has 0 spiro atoms. The normalized spacial score (nSPS) is 14.8. The molecule has 0 fully saturated rings. The number of para-hydroxylation sites is 2. The molecule has 6 heteroatoms. The fourth-order valence-corrected chi connectivity index (χ4v) is 3.48. The van der Waals surface area contributed by atoms with Gasteiger partial charge in [0.25, 0.3) is 5.91 Å². The van der Waals surface area contributed by atoms with Gasteiger partial charge in [-0.3, -0.25) is 9.69 Å². The van der Waals surface area contributed by atoms with Crippen LogP contribution in [0.2, 0.25) is 0 Å². The number of amides is 1. The third-order valence-corrected chi connectivity index (χ3v) is 4.93. The van der Waals surface area contributed by atoms with Crippen molar-refractivity contribution in [3.63, 3.8) is 0 Å². The zero-order valence-corrected chi connectivity index (χ0v) is 16.4. The van der Waals surface area contributed by atoms with Gasteiger partial charge in [0.15, 0.2) is 18.1 Å². The van der Waals surface area contributed by atoms with Crippen LogP contribution in [-0.4, -0.2) is 26.2 Å². The van der Waals surface area contributed by atoms with Crippen molar-refractivity contribution in [2.75, 3.05) is 25.2 Å². The van der Waals surface area contributed by atoms with Gasteiger partial charge in [0.2, 0.25) is 0 Å². The minimum Gasteiger partial charge on any atom is -0.493 e. The second kappa shape index (κ2) is 8.58. The molecule has 1 aliphatic rings. The fraction of sp³-hybridized carbons (Fsp3) is 0.167. The molecule has 0 saturated carbocycles. The van der Waals surface area contributed by atoms with Gasteiger partial charge in [-0.25, -0.2) is 0 Å². The average Bonchev–Trinajstić information content (AvgIpc) is 2.82. The second-order valence-electron chi connectivity index (χ2n) is 6.74. The van der Waals surface area contributed by atoms with E-state index in [1.165, 1.54) is 7.11 Å². The highest BCUT2D eigenvalue weighted by Gasteiger charge is 2.33. The molecule has 4 rings (SSSR count). The molecular formula is C24H20N2O4. The fourth-order valence-electron chi connectivity index (χ4n) is 3.48. The van der Waals surface area contributed by atoms with Crippen molar-refractivity contribution in [1.82, 2.24) is 0 Å². The molecule has 0 unspecified atom stereocenters. The third-order valence-electron chi connectivity index (χ3n) is 4.93. The van der Waals surface area contributed by atoms with E-state index >= 15 is 0 Å². The second-order valence-corrected chi connectivity index (χ2v) is 6.74. The molecule has 0 bridgehead atoms. The Kier molecular flexibility index (Phi) is 5.53. The average molecular weight is 400 g/mol. The molecule has 6 nitrogen and oxygen atoms in total. The largest absolute Gasteiger partial charge is 0.493 e. The van der Waals surface area contributed by atoms with Crippen molar-refractivity contribution >= 4 is 11.6 Å². The lowest BCUT2D eigenvalue weighted by atomic mass is 10.0. The van der Waals surface area contributed by atoms with Crippen molar-refractivity contribution in [3.05, 3.63) is 83.9 Å². The molecule has 0 N–H and O–H groups in total. The van der Waals surface area contributed by atoms with E-state index in [-0.39, 0.29) is 18.6 Å². The van der Waals surface area contributed by atoms with Crippen molar-refractivity contribution < 1.29 is 19.0 Å². The van der Waals surface area contributed by atoms with E-state index in [9.17, 15) is 4.79 Å². The molecule has 1 aliphatic heterocycles. The van der Waals surface area contributed by atoms with E-state index in [2.05, 4.69) is 6.07 Å². The van der Waals surface area contributed by atoms with Gasteiger partial charge in [0.05, 0.1) is 30.5 Å². The predicted octanol–water partition coefficient (Wildman–Crippen LogP) is 4.11. The van der Waals surface area contributed by atoms with Gasteiger partial charge in [-0.1, -0.05) is 42.5 Å². The van der Waals surface area contributed by atoms with Crippen LogP contribution >= 0.6 is 0 Å². The van der Waals surface area contributed by atoms with Crippen LogP contribution in [-0.2, 0) is 4.79 Å². The van der Waals surface area contributed by atoms with Crippen molar-refractivity contribution in [2.24, 2.45) is 0 Å². The van der Waals surface area contributed by atoms with Crippen molar-refractivity contribution in [2.45, 2.75) is 6.04 Å². The third kappa shape index (κ3) is 3.78. The minimum atomic E-state index is -0.264. The Labute approximate surface area is 174 Å². The number of anilines is 1. The summed E-state index contributed by atoms with van der Waals surface area (Å²) >= 11 is 0. The van der Waals surface area contributed by atoms with Crippen molar-refractivity contribution in [1.29, 1.82) is 5.26 Å². The Morgan fingerprint density at radius 2 is 1.87 bits per heavy atom. The minimum absolute atomic E-state index is 0.181. The molecule has 1 amide bonds. The first kappa shape index (κ1) is 19.3. The number of hydrogen-bond acceptors (Lipinski definition) is 5. The van der Waals surface area contributed by atoms with E-state index < -0.39 is 0 Å². The number of rotatable bonds is 5. The molecule has 150 valence electrons. The first-order valence-corrected chi connectivity index (χ1v) is 9.51. The van der Waals surface area contributed by atoms with Crippen LogP contribution < -0.4 is 19.1 Å². The van der Waals surface area contributed by atoms with Crippen LogP contribution in [0.5, 0.6) is 17.2 Å². The molecule has 0 saturated heterocycles. The summed E-state index contributed by atoms with van der Waals surface area (Å²) in [6, 6.07) is 23.9. The number of fused-ring (bicyclic) bond motifs is 1. The summed E-state index contributed by atoms with van der Waals surface area (Å²) < 4.78 is 17.0. The molecule has 0 aromatic heterocycles. The first-order chi connectivity index (χ1) is 14.7. The first-order valence-electron chi connectivity index (χ1n) is 9.51. The summed E-state index contributed by atoms with van der Waals surface area (Å²) in [7, 11) is 1.49. The number of nitriles is 1. The summed E-state index contributed by atoms with van der Waals surface area (Å²) in [5.74, 6) is 1.27. The lowest BCUT2D eigenvalue weighted by molar-refractivity contribution is -0.121. The monoisotopic (exact) mass is 400 g/mol. The maximum atomic E-state index is 13.3. The number of nitrogens with zero attached hydrogens (tertiary/aromatic N) is 2. The zero-order chi connectivity index (χ0) is 20.9. The number of carbonyl (C=O) groups excluding carboxylic acids is 1. The summed E-state index contributed by atoms with van der Waals surface area (Å²) in [5.41, 5.74) is 2.14. The van der Waals surface area contributed by atoms with Crippen LogP contribution in [0, 0.1) is 11.3 Å². The molecule has 3 aromatic carbocycles. The molecule has 0 aliphatic carbocycles. The molecular weight excluding hydrogens is 380 g/mol. The Balaban J connectivity index is 1.61. The molecule has 1 heterocycles. The van der Waals surface area contributed by atoms with Gasteiger partial charge in [0.1, 0.15) is 12.4 Å². The Morgan fingerprint density at radius 1 is 1.10 bits per heavy atom. The highest BCUT2D eigenvalue weighted by molar-refractivity contribution is 5.97. The molecule has 3 aromatic rings. The van der Waals surface area contributed by atoms with Gasteiger partial charge in [-0.05, 0) is 29.8 Å². The van der Waals surface area contributed by atoms with Crippen LogP contribution in [0.25, 0.3) is 0 Å². The van der Waals surface area contributed by atoms with Crippen LogP contribution in [0.3, 0.4) is 0 Å². The van der Waals surface area contributed by atoms with Gasteiger partial charge in [0, 0.05) is 6.07 Å². The summed E-state index contributed by atoms with van der Waals surface area (Å²) in [6.45, 7) is 0.173. The lowest BCUT2D eigenvalue weighted by Crippen LogP contribution is -2.43. The summed E-state index contributed by atoms with van der Waals surface area (Å²) in [5, 5.41) is 9.05. The molecule has 30 heavy (non-hydrogen) atoms. The van der Waals surface area contributed by atoms with E-state index in [0.29, 0.717) is 35.1 Å². The molecule has 0 radical (unpaired) electrons. The number of benzene rings is 3. The number of hydrogen-bond donors (Lipinski definition) is 0. The number of methoxy groups -OCH3 is 1. The highest BCUT2D eigenvalue weighted by Crippen LogP contribution is 2.39. The van der Waals surface area contributed by atoms with E-state index in [1.54, 1.807) is 23.1 Å². The van der Waals surface area contributed by atoms with Crippen LogP contribution in [0.15, 0.2) is 72.8 Å². The van der Waals surface area contributed by atoms with Gasteiger partial charge < -0.3 is 14.2 Å². The van der Waals surface area contributed by atoms with E-state index in [4.69, 9.17) is 19.5 Å². The molecule has 1 atom stereocenters. The van der Waals surface area contributed by atoms with E-state index in [0.717, 1.165) is 5.56 Å². The Morgan fingerprint density at radius 3 is 2.63 bits per heavy atom. The van der Waals surface area contributed by atoms with E-state index in [1.807, 2.05) is 54.6 Å². The van der Waals surface area contributed by atoms with Gasteiger partial charge in [-0.15, -0.1) is 0 Å². The number of ether oxygens (including phenoxy) is 3. The lowest BCUT2D eigenvalue weighted by Gasteiger charge is -2.37. The maximum Gasteiger partial charge on any atom is 0.265 e. The van der Waals surface area contributed by atoms with Gasteiger partial charge in [-0.2, -0.15) is 5.26 Å². The zero-order valence-electron chi connectivity index (χ0n) is 16.4. The SMILES string of the molecule is COc1cc(C#N)ccc1OCC(=O)N1c2ccccc2OC[C@@H]1c1ccccc1. The maximum absolute atomic E-state index is 13.3.